The Hall–Kier alpha value is -3.33. The molecule has 0 atom stereocenters. The number of anilines is 1. The number of nitrogens with one attached hydrogen (secondary N) is 2. The van der Waals surface area contributed by atoms with E-state index in [-0.39, 0.29) is 30.7 Å². The molecule has 0 aromatic heterocycles. The normalized spacial score (nSPS) is 14.5. The first-order chi connectivity index (χ1) is 15.3. The summed E-state index contributed by atoms with van der Waals surface area (Å²) in [6.07, 6.45) is 1.57. The quantitative estimate of drug-likeness (QED) is 0.419. The molecule has 1 fully saturated rings. The Morgan fingerprint density at radius 3 is 2.50 bits per heavy atom. The maximum Gasteiger partial charge on any atom is 0.328 e. The molecule has 0 spiro atoms. The molecule has 2 N–H and O–H groups in total. The van der Waals surface area contributed by atoms with Crippen LogP contribution in [0.15, 0.2) is 46.6 Å². The van der Waals surface area contributed by atoms with Gasteiger partial charge in [0.2, 0.25) is 0 Å². The van der Waals surface area contributed by atoms with Gasteiger partial charge in [-0.15, -0.1) is 0 Å². The molecule has 0 radical (unpaired) electrons. The Morgan fingerprint density at radius 1 is 1.16 bits per heavy atom. The van der Waals surface area contributed by atoms with E-state index >= 15 is 0 Å². The fourth-order valence-electron chi connectivity index (χ4n) is 3.07. The van der Waals surface area contributed by atoms with Crippen molar-refractivity contribution in [2.75, 3.05) is 25.1 Å². The van der Waals surface area contributed by atoms with Crippen molar-refractivity contribution in [1.82, 2.24) is 10.2 Å². The minimum atomic E-state index is -0.451. The molecule has 1 aliphatic heterocycles. The zero-order valence-electron chi connectivity index (χ0n) is 18.0. The van der Waals surface area contributed by atoms with E-state index in [0.29, 0.717) is 33.8 Å². The van der Waals surface area contributed by atoms with Gasteiger partial charge in [-0.25, -0.2) is 4.79 Å². The van der Waals surface area contributed by atoms with Crippen LogP contribution in [0.1, 0.15) is 25.0 Å². The zero-order valence-corrected chi connectivity index (χ0v) is 19.6. The Morgan fingerprint density at radius 2 is 1.88 bits per heavy atom. The summed E-state index contributed by atoms with van der Waals surface area (Å²) >= 11 is 3.45. The van der Waals surface area contributed by atoms with Crippen LogP contribution in [-0.4, -0.2) is 42.5 Å². The summed E-state index contributed by atoms with van der Waals surface area (Å²) in [5, 5.41) is 5.34. The zero-order chi connectivity index (χ0) is 23.3. The van der Waals surface area contributed by atoms with Gasteiger partial charge in [0.05, 0.1) is 11.1 Å². The number of likely N-dealkylation sites (N-methyl/N-ethyl adjacent to an activating group) is 1. The van der Waals surface area contributed by atoms with Crippen molar-refractivity contribution in [2.24, 2.45) is 0 Å². The van der Waals surface area contributed by atoms with E-state index in [1.165, 1.54) is 0 Å². The number of hydrogen-bond donors (Lipinski definition) is 2. The number of imide groups is 1. The molecule has 9 heteroatoms. The molecule has 4 amide bonds. The average Bonchev–Trinajstić information content (AvgIpc) is 3.01. The minimum absolute atomic E-state index is 0.178. The number of hydrogen-bond acceptors (Lipinski definition) is 5. The molecule has 8 nitrogen and oxygen atoms in total. The van der Waals surface area contributed by atoms with E-state index in [1.54, 1.807) is 25.1 Å². The van der Waals surface area contributed by atoms with Gasteiger partial charge in [-0.1, -0.05) is 17.7 Å². The van der Waals surface area contributed by atoms with Crippen LogP contribution in [0.3, 0.4) is 0 Å². The summed E-state index contributed by atoms with van der Waals surface area (Å²) in [6, 6.07) is 10.4. The third-order valence-corrected chi connectivity index (χ3v) is 5.19. The maximum absolute atomic E-state index is 12.3. The molecule has 1 aliphatic rings. The van der Waals surface area contributed by atoms with E-state index in [0.717, 1.165) is 10.5 Å². The molecular weight excluding hydrogens is 478 g/mol. The van der Waals surface area contributed by atoms with Gasteiger partial charge in [0.1, 0.15) is 5.70 Å². The lowest BCUT2D eigenvalue weighted by molar-refractivity contribution is -0.122. The number of nitrogens with zero attached hydrogens (tertiary/aromatic N) is 1. The summed E-state index contributed by atoms with van der Waals surface area (Å²) < 4.78 is 11.9. The monoisotopic (exact) mass is 501 g/mol. The highest BCUT2D eigenvalue weighted by atomic mass is 79.9. The van der Waals surface area contributed by atoms with Gasteiger partial charge in [0.25, 0.3) is 11.8 Å². The van der Waals surface area contributed by atoms with Crippen molar-refractivity contribution in [2.45, 2.75) is 20.8 Å². The summed E-state index contributed by atoms with van der Waals surface area (Å²) in [5.41, 5.74) is 2.58. The summed E-state index contributed by atoms with van der Waals surface area (Å²) in [7, 11) is 0. The largest absolute Gasteiger partial charge is 0.490 e. The molecular formula is C23H24BrN3O5. The second-order valence-corrected chi connectivity index (χ2v) is 7.86. The van der Waals surface area contributed by atoms with Crippen LogP contribution in [-0.2, 0) is 9.59 Å². The highest BCUT2D eigenvalue weighted by molar-refractivity contribution is 9.10. The second kappa shape index (κ2) is 10.3. The van der Waals surface area contributed by atoms with Crippen LogP contribution < -0.4 is 20.1 Å². The van der Waals surface area contributed by atoms with E-state index in [9.17, 15) is 14.4 Å². The lowest BCUT2D eigenvalue weighted by Crippen LogP contribution is -2.30. The highest BCUT2D eigenvalue weighted by Gasteiger charge is 2.32. The van der Waals surface area contributed by atoms with Gasteiger partial charge in [0.15, 0.2) is 18.1 Å². The minimum Gasteiger partial charge on any atom is -0.490 e. The third kappa shape index (κ3) is 5.47. The Balaban J connectivity index is 1.76. The molecule has 0 saturated carbocycles. The van der Waals surface area contributed by atoms with Gasteiger partial charge in [-0.05, 0) is 72.6 Å². The van der Waals surface area contributed by atoms with Crippen molar-refractivity contribution >= 4 is 45.5 Å². The van der Waals surface area contributed by atoms with Crippen LogP contribution >= 0.6 is 15.9 Å². The highest BCUT2D eigenvalue weighted by Crippen LogP contribution is 2.37. The number of aryl methyl sites for hydroxylation is 1. The third-order valence-electron chi connectivity index (χ3n) is 4.60. The Bertz CT molecular complexity index is 1070. The van der Waals surface area contributed by atoms with Gasteiger partial charge < -0.3 is 20.1 Å². The van der Waals surface area contributed by atoms with Crippen molar-refractivity contribution in [3.63, 3.8) is 0 Å². The lowest BCUT2D eigenvalue weighted by Gasteiger charge is -2.15. The Kier molecular flexibility index (Phi) is 7.53. The fraction of sp³-hybridized carbons (Fsp3) is 0.261. The molecule has 3 rings (SSSR count). The first kappa shape index (κ1) is 23.3. The van der Waals surface area contributed by atoms with Crippen molar-refractivity contribution in [3.05, 3.63) is 57.7 Å². The van der Waals surface area contributed by atoms with E-state index in [1.807, 2.05) is 38.1 Å². The standard InChI is InChI=1S/C23H24BrN3O5/c1-4-27-22(29)18(26-23(27)30)11-15-10-17(24)21(19(12-15)31-5-2)32-13-20(28)25-16-8-6-14(3)7-9-16/h6-12H,4-5,13H2,1-3H3,(H,25,28)(H,26,30)/b18-11+. The predicted molar refractivity (Wildman–Crippen MR) is 125 cm³/mol. The van der Waals surface area contributed by atoms with Crippen LogP contribution in [0, 0.1) is 6.92 Å². The van der Waals surface area contributed by atoms with Crippen molar-refractivity contribution in [1.29, 1.82) is 0 Å². The van der Waals surface area contributed by atoms with E-state index in [2.05, 4.69) is 26.6 Å². The van der Waals surface area contributed by atoms with Crippen molar-refractivity contribution < 1.29 is 23.9 Å². The number of rotatable bonds is 8. The number of ether oxygens (including phenoxy) is 2. The van der Waals surface area contributed by atoms with Gasteiger partial charge in [0, 0.05) is 12.2 Å². The van der Waals surface area contributed by atoms with Crippen LogP contribution in [0.2, 0.25) is 0 Å². The molecule has 1 saturated heterocycles. The number of carbonyl (C=O) groups excluding carboxylic acids is 3. The molecule has 2 aromatic rings. The number of benzene rings is 2. The number of urea groups is 1. The average molecular weight is 502 g/mol. The molecule has 0 aliphatic carbocycles. The van der Waals surface area contributed by atoms with Crippen LogP contribution in [0.5, 0.6) is 11.5 Å². The molecule has 1 heterocycles. The molecule has 2 aromatic carbocycles. The fourth-order valence-corrected chi connectivity index (χ4v) is 3.65. The van der Waals surface area contributed by atoms with Crippen LogP contribution in [0.25, 0.3) is 6.08 Å². The summed E-state index contributed by atoms with van der Waals surface area (Å²) in [6.45, 7) is 5.97. The first-order valence-electron chi connectivity index (χ1n) is 10.1. The van der Waals surface area contributed by atoms with Crippen LogP contribution in [0.4, 0.5) is 10.5 Å². The SMILES string of the molecule is CCOc1cc(/C=C2/NC(=O)N(CC)C2=O)cc(Br)c1OCC(=O)Nc1ccc(C)cc1. The first-order valence-corrected chi connectivity index (χ1v) is 10.9. The van der Waals surface area contributed by atoms with Gasteiger partial charge >= 0.3 is 6.03 Å². The smallest absolute Gasteiger partial charge is 0.328 e. The molecule has 0 bridgehead atoms. The van der Waals surface area contributed by atoms with Crippen molar-refractivity contribution in [3.8, 4) is 11.5 Å². The lowest BCUT2D eigenvalue weighted by atomic mass is 10.1. The summed E-state index contributed by atoms with van der Waals surface area (Å²) in [4.78, 5) is 37.6. The summed E-state index contributed by atoms with van der Waals surface area (Å²) in [5.74, 6) is 0.0685. The van der Waals surface area contributed by atoms with E-state index in [4.69, 9.17) is 9.47 Å². The number of carbonyl (C=O) groups is 3. The molecule has 0 unspecified atom stereocenters. The predicted octanol–water partition coefficient (Wildman–Crippen LogP) is 4.09. The van der Waals surface area contributed by atoms with Gasteiger partial charge in [-0.3, -0.25) is 14.5 Å². The maximum atomic E-state index is 12.3. The number of amides is 4. The van der Waals surface area contributed by atoms with Gasteiger partial charge in [-0.2, -0.15) is 0 Å². The topological polar surface area (TPSA) is 97.0 Å². The molecule has 32 heavy (non-hydrogen) atoms. The van der Waals surface area contributed by atoms with E-state index < -0.39 is 6.03 Å². The number of halogens is 1. The second-order valence-electron chi connectivity index (χ2n) is 7.00. The Labute approximate surface area is 194 Å². The molecule has 168 valence electrons.